The molecule has 1 aromatic rings. The zero-order valence-electron chi connectivity index (χ0n) is 22.1. The molecule has 3 heteroatoms. The smallest absolute Gasteiger partial charge is 0.145 e. The van der Waals surface area contributed by atoms with Gasteiger partial charge in [-0.2, -0.15) is 0 Å². The second-order valence-corrected chi connectivity index (χ2v) is 9.64. The van der Waals surface area contributed by atoms with Crippen LogP contribution in [0, 0.1) is 11.8 Å². The van der Waals surface area contributed by atoms with E-state index in [1.807, 2.05) is 25.1 Å². The van der Waals surface area contributed by atoms with Crippen LogP contribution in [-0.4, -0.2) is 19.5 Å². The van der Waals surface area contributed by atoms with Gasteiger partial charge in [0.15, 0.2) is 0 Å². The Kier molecular flexibility index (Phi) is 15.5. The number of aldehydes is 1. The molecule has 0 aromatic heterocycles. The number of carbonyl (C=O) groups is 1. The lowest BCUT2D eigenvalue weighted by molar-refractivity contribution is -0.104. The molecule has 0 aliphatic carbocycles. The van der Waals surface area contributed by atoms with E-state index < -0.39 is 0 Å². The Balaban J connectivity index is 2.70. The average Bonchev–Trinajstić information content (AvgIpc) is 2.81. The van der Waals surface area contributed by atoms with Crippen LogP contribution in [0.25, 0.3) is 0 Å². The van der Waals surface area contributed by atoms with Gasteiger partial charge in [-0.25, -0.2) is 0 Å². The van der Waals surface area contributed by atoms with Crippen molar-refractivity contribution in [3.8, 4) is 5.75 Å². The Morgan fingerprint density at radius 1 is 0.909 bits per heavy atom. The summed E-state index contributed by atoms with van der Waals surface area (Å²) in [5.74, 6) is 1.60. The molecule has 1 aromatic carbocycles. The first kappa shape index (κ1) is 29.2. The molecule has 0 heterocycles. The molecule has 0 saturated heterocycles. The van der Waals surface area contributed by atoms with Crippen molar-refractivity contribution in [2.45, 2.75) is 105 Å². The van der Waals surface area contributed by atoms with Gasteiger partial charge >= 0.3 is 0 Å². The molecular formula is C30H48O3. The van der Waals surface area contributed by atoms with Crippen LogP contribution in [0.4, 0.5) is 0 Å². The van der Waals surface area contributed by atoms with Crippen LogP contribution < -0.4 is 4.74 Å². The highest BCUT2D eigenvalue weighted by Crippen LogP contribution is 2.26. The van der Waals surface area contributed by atoms with E-state index in [-0.39, 0.29) is 12.0 Å². The summed E-state index contributed by atoms with van der Waals surface area (Å²) in [5.41, 5.74) is 3.02. The normalized spacial score (nSPS) is 15.2. The molecule has 0 unspecified atom stereocenters. The van der Waals surface area contributed by atoms with E-state index in [1.165, 1.54) is 57.8 Å². The number of hydrogen-bond donors (Lipinski definition) is 0. The average molecular weight is 457 g/mol. The molecule has 0 saturated carbocycles. The number of carbonyl (C=O) groups excluding carboxylic acids is 1. The van der Waals surface area contributed by atoms with Crippen molar-refractivity contribution in [1.29, 1.82) is 0 Å². The summed E-state index contributed by atoms with van der Waals surface area (Å²) in [4.78, 5) is 11.0. The van der Waals surface area contributed by atoms with E-state index in [1.54, 1.807) is 7.11 Å². The molecule has 0 bridgehead atoms. The Morgan fingerprint density at radius 3 is 2.09 bits per heavy atom. The van der Waals surface area contributed by atoms with E-state index in [0.29, 0.717) is 12.5 Å². The number of unbranched alkanes of at least 4 members (excludes halogenated alkanes) is 7. The van der Waals surface area contributed by atoms with Crippen molar-refractivity contribution in [2.24, 2.45) is 11.8 Å². The summed E-state index contributed by atoms with van der Waals surface area (Å²) >= 11 is 0. The molecule has 3 nitrogen and oxygen atoms in total. The minimum absolute atomic E-state index is 0.136. The molecule has 0 fully saturated rings. The van der Waals surface area contributed by atoms with Crippen LogP contribution >= 0.6 is 0 Å². The quantitative estimate of drug-likeness (QED) is 0.0961. The van der Waals surface area contributed by atoms with Crippen LogP contribution in [0.3, 0.4) is 0 Å². The number of ether oxygens (including phenoxy) is 2. The van der Waals surface area contributed by atoms with Crippen molar-refractivity contribution in [2.75, 3.05) is 7.11 Å². The van der Waals surface area contributed by atoms with Gasteiger partial charge in [-0.05, 0) is 49.5 Å². The maximum Gasteiger partial charge on any atom is 0.145 e. The molecule has 0 amide bonds. The minimum atomic E-state index is 0.136. The molecule has 0 spiro atoms. The number of benzene rings is 1. The highest BCUT2D eigenvalue weighted by atomic mass is 16.5. The first-order valence-electron chi connectivity index (χ1n) is 13.0. The summed E-state index contributed by atoms with van der Waals surface area (Å²) in [7, 11) is 1.69. The maximum atomic E-state index is 11.0. The fourth-order valence-electron chi connectivity index (χ4n) is 4.46. The zero-order valence-corrected chi connectivity index (χ0v) is 22.1. The maximum absolute atomic E-state index is 11.0. The van der Waals surface area contributed by atoms with Gasteiger partial charge in [0.05, 0.1) is 19.8 Å². The third kappa shape index (κ3) is 12.8. The fourth-order valence-corrected chi connectivity index (χ4v) is 4.46. The largest absolute Gasteiger partial charge is 0.497 e. The van der Waals surface area contributed by atoms with Crippen LogP contribution in [0.5, 0.6) is 5.75 Å². The van der Waals surface area contributed by atoms with E-state index >= 15 is 0 Å². The summed E-state index contributed by atoms with van der Waals surface area (Å²) < 4.78 is 11.8. The summed E-state index contributed by atoms with van der Waals surface area (Å²) in [6.07, 6.45) is 17.2. The molecular weight excluding hydrogens is 408 g/mol. The topological polar surface area (TPSA) is 35.5 Å². The Hall–Kier alpha value is -1.87. The second kappa shape index (κ2) is 17.6. The molecule has 0 aliphatic rings. The lowest BCUT2D eigenvalue weighted by atomic mass is 9.87. The SMILES string of the molecule is CCCCCCCCCC[C@H](C)[C@@H](OCc1ccc(OC)cc1)[C@@H](C)/C=C(C)/C=C(\C)C=O. The standard InChI is InChI=1S/C30H48O3/c1-7-8-9-10-11-12-13-14-15-26(4)30(27(5)21-24(2)20-25(3)22-31)33-23-28-16-18-29(32-6)19-17-28/h16-22,26-27,30H,7-15,23H2,1-6H3/b24-21+,25-20+/t26-,27-,30+/m0/s1. The molecule has 0 radical (unpaired) electrons. The van der Waals surface area contributed by atoms with Gasteiger partial charge in [0.2, 0.25) is 0 Å². The van der Waals surface area contributed by atoms with Crippen LogP contribution in [0.1, 0.15) is 98.0 Å². The van der Waals surface area contributed by atoms with Gasteiger partial charge in [0, 0.05) is 5.92 Å². The first-order chi connectivity index (χ1) is 15.9. The Morgan fingerprint density at radius 2 is 1.52 bits per heavy atom. The van der Waals surface area contributed by atoms with Crippen LogP contribution in [0.2, 0.25) is 0 Å². The highest BCUT2D eigenvalue weighted by molar-refractivity contribution is 5.73. The zero-order chi connectivity index (χ0) is 24.5. The number of rotatable bonds is 18. The van der Waals surface area contributed by atoms with Gasteiger partial charge in [0.25, 0.3) is 0 Å². The van der Waals surface area contributed by atoms with E-state index in [4.69, 9.17) is 9.47 Å². The van der Waals surface area contributed by atoms with Crippen molar-refractivity contribution in [1.82, 2.24) is 0 Å². The second-order valence-electron chi connectivity index (χ2n) is 9.64. The van der Waals surface area contributed by atoms with E-state index in [9.17, 15) is 4.79 Å². The summed E-state index contributed by atoms with van der Waals surface area (Å²) in [6, 6.07) is 8.11. The van der Waals surface area contributed by atoms with Gasteiger partial charge < -0.3 is 9.47 Å². The lowest BCUT2D eigenvalue weighted by Crippen LogP contribution is -2.28. The van der Waals surface area contributed by atoms with Gasteiger partial charge in [-0.3, -0.25) is 4.79 Å². The molecule has 3 atom stereocenters. The summed E-state index contributed by atoms with van der Waals surface area (Å²) in [6.45, 7) is 11.3. The highest BCUT2D eigenvalue weighted by Gasteiger charge is 2.23. The predicted octanol–water partition coefficient (Wildman–Crippen LogP) is 8.47. The fraction of sp³-hybridized carbons (Fsp3) is 0.633. The van der Waals surface area contributed by atoms with Gasteiger partial charge in [0.1, 0.15) is 12.0 Å². The molecule has 0 aliphatic heterocycles. The predicted molar refractivity (Wildman–Crippen MR) is 141 cm³/mol. The van der Waals surface area contributed by atoms with Crippen molar-refractivity contribution in [3.05, 3.63) is 53.1 Å². The van der Waals surface area contributed by atoms with Crippen molar-refractivity contribution >= 4 is 6.29 Å². The minimum Gasteiger partial charge on any atom is -0.497 e. The number of hydrogen-bond acceptors (Lipinski definition) is 3. The van der Waals surface area contributed by atoms with E-state index in [2.05, 4.69) is 45.9 Å². The molecule has 33 heavy (non-hydrogen) atoms. The van der Waals surface area contributed by atoms with Crippen LogP contribution in [0.15, 0.2) is 47.6 Å². The summed E-state index contributed by atoms with van der Waals surface area (Å²) in [5, 5.41) is 0. The van der Waals surface area contributed by atoms with Crippen molar-refractivity contribution < 1.29 is 14.3 Å². The molecule has 0 N–H and O–H groups in total. The third-order valence-corrected chi connectivity index (χ3v) is 6.36. The van der Waals surface area contributed by atoms with Gasteiger partial charge in [-0.15, -0.1) is 0 Å². The van der Waals surface area contributed by atoms with Crippen molar-refractivity contribution in [3.63, 3.8) is 0 Å². The number of allylic oxidation sites excluding steroid dienone is 3. The van der Waals surface area contributed by atoms with Gasteiger partial charge in [-0.1, -0.05) is 102 Å². The first-order valence-corrected chi connectivity index (χ1v) is 13.0. The Labute approximate surface area is 203 Å². The molecule has 186 valence electrons. The Bertz CT molecular complexity index is 702. The third-order valence-electron chi connectivity index (χ3n) is 6.36. The van der Waals surface area contributed by atoms with Crippen LogP contribution in [-0.2, 0) is 16.1 Å². The van der Waals surface area contributed by atoms with E-state index in [0.717, 1.165) is 28.7 Å². The lowest BCUT2D eigenvalue weighted by Gasteiger charge is -2.29. The molecule has 1 rings (SSSR count). The monoisotopic (exact) mass is 456 g/mol. The number of methoxy groups -OCH3 is 1.